The topological polar surface area (TPSA) is 67.9 Å². The molecular weight excluding hydrogens is 399 g/mol. The number of hydrogen-bond acceptors (Lipinski definition) is 4. The van der Waals surface area contributed by atoms with Crippen molar-refractivity contribution < 1.29 is 23.5 Å². The molecule has 31 heavy (non-hydrogen) atoms. The van der Waals surface area contributed by atoms with E-state index in [1.165, 1.54) is 24.3 Å². The van der Waals surface area contributed by atoms with Gasteiger partial charge in [0.15, 0.2) is 11.5 Å². The van der Waals surface area contributed by atoms with Gasteiger partial charge in [-0.05, 0) is 73.0 Å². The molecule has 0 aliphatic carbocycles. The Balaban J connectivity index is 1.36. The number of amides is 2. The van der Waals surface area contributed by atoms with E-state index in [9.17, 15) is 14.0 Å². The molecule has 2 amide bonds. The number of rotatable bonds is 3. The number of halogens is 1. The van der Waals surface area contributed by atoms with Gasteiger partial charge in [-0.2, -0.15) is 0 Å². The lowest BCUT2D eigenvalue weighted by atomic mass is 9.98. The summed E-state index contributed by atoms with van der Waals surface area (Å²) in [6, 6.07) is 16.1. The third-order valence-electron chi connectivity index (χ3n) is 5.43. The van der Waals surface area contributed by atoms with Gasteiger partial charge >= 0.3 is 0 Å². The standard InChI is InChI=1S/C24H19FN2O4/c25-18-6-3-15(4-7-18)24(29)27-11-1-2-16-12-17(5-9-20(16)27)23(28)26-19-8-10-21-22(13-19)31-14-30-21/h3-10,12-13H,1-2,11,14H2,(H,26,28). The van der Waals surface area contributed by atoms with Gasteiger partial charge in [-0.25, -0.2) is 4.39 Å². The molecule has 0 saturated carbocycles. The predicted octanol–water partition coefficient (Wildman–Crippen LogP) is 4.40. The first-order chi connectivity index (χ1) is 15.1. The van der Waals surface area contributed by atoms with Crippen molar-refractivity contribution in [1.82, 2.24) is 0 Å². The first-order valence-corrected chi connectivity index (χ1v) is 10.00. The number of aryl methyl sites for hydroxylation is 1. The molecule has 2 aliphatic rings. The van der Waals surface area contributed by atoms with Crippen molar-refractivity contribution in [1.29, 1.82) is 0 Å². The fourth-order valence-electron chi connectivity index (χ4n) is 3.88. The molecule has 2 aliphatic heterocycles. The van der Waals surface area contributed by atoms with Gasteiger partial charge < -0.3 is 19.7 Å². The first kappa shape index (κ1) is 19.1. The number of fused-ring (bicyclic) bond motifs is 2. The molecule has 0 spiro atoms. The minimum absolute atomic E-state index is 0.171. The van der Waals surface area contributed by atoms with E-state index in [0.29, 0.717) is 34.9 Å². The SMILES string of the molecule is O=C(Nc1ccc2c(c1)OCO2)c1ccc2c(c1)CCCN2C(=O)c1ccc(F)cc1. The Morgan fingerprint density at radius 2 is 1.68 bits per heavy atom. The van der Waals surface area contributed by atoms with Crippen molar-refractivity contribution >= 4 is 23.2 Å². The largest absolute Gasteiger partial charge is 0.454 e. The molecule has 156 valence electrons. The van der Waals surface area contributed by atoms with Crippen LogP contribution in [0.15, 0.2) is 60.7 Å². The summed E-state index contributed by atoms with van der Waals surface area (Å²) in [7, 11) is 0. The van der Waals surface area contributed by atoms with Gasteiger partial charge in [-0.15, -0.1) is 0 Å². The third kappa shape index (κ3) is 3.70. The van der Waals surface area contributed by atoms with Crippen LogP contribution in [-0.2, 0) is 6.42 Å². The van der Waals surface area contributed by atoms with E-state index in [0.717, 1.165) is 24.1 Å². The number of anilines is 2. The third-order valence-corrected chi connectivity index (χ3v) is 5.43. The van der Waals surface area contributed by atoms with Gasteiger partial charge in [0.1, 0.15) is 5.82 Å². The number of carbonyl (C=O) groups excluding carboxylic acids is 2. The molecule has 2 heterocycles. The summed E-state index contributed by atoms with van der Waals surface area (Å²) in [5.41, 5.74) is 3.26. The number of nitrogens with zero attached hydrogens (tertiary/aromatic N) is 1. The molecular formula is C24H19FN2O4. The number of nitrogens with one attached hydrogen (secondary N) is 1. The Bertz CT molecular complexity index is 1180. The van der Waals surface area contributed by atoms with Crippen LogP contribution in [0.3, 0.4) is 0 Å². The summed E-state index contributed by atoms with van der Waals surface area (Å²) >= 11 is 0. The molecule has 0 aromatic heterocycles. The van der Waals surface area contributed by atoms with Crippen molar-refractivity contribution in [2.75, 3.05) is 23.6 Å². The summed E-state index contributed by atoms with van der Waals surface area (Å²) in [5.74, 6) is 0.437. The van der Waals surface area contributed by atoms with E-state index in [1.54, 1.807) is 35.2 Å². The summed E-state index contributed by atoms with van der Waals surface area (Å²) < 4.78 is 23.8. The molecule has 0 saturated heterocycles. The lowest BCUT2D eigenvalue weighted by Gasteiger charge is -2.30. The Labute approximate surface area is 178 Å². The van der Waals surface area contributed by atoms with Crippen LogP contribution in [-0.4, -0.2) is 25.2 Å². The van der Waals surface area contributed by atoms with Gasteiger partial charge in [0.2, 0.25) is 6.79 Å². The summed E-state index contributed by atoms with van der Waals surface area (Å²) in [6.45, 7) is 0.747. The zero-order valence-electron chi connectivity index (χ0n) is 16.6. The van der Waals surface area contributed by atoms with Gasteiger partial charge in [0, 0.05) is 35.1 Å². The molecule has 0 unspecified atom stereocenters. The monoisotopic (exact) mass is 418 g/mol. The molecule has 0 bridgehead atoms. The predicted molar refractivity (Wildman–Crippen MR) is 113 cm³/mol. The van der Waals surface area contributed by atoms with Gasteiger partial charge in [0.05, 0.1) is 0 Å². The second kappa shape index (κ2) is 7.75. The number of ether oxygens (including phenoxy) is 2. The molecule has 0 radical (unpaired) electrons. The molecule has 0 fully saturated rings. The van der Waals surface area contributed by atoms with Gasteiger partial charge in [-0.1, -0.05) is 0 Å². The highest BCUT2D eigenvalue weighted by Crippen LogP contribution is 2.34. The Morgan fingerprint density at radius 3 is 2.52 bits per heavy atom. The Kier molecular flexibility index (Phi) is 4.78. The molecule has 0 atom stereocenters. The van der Waals surface area contributed by atoms with Gasteiger partial charge in [0.25, 0.3) is 11.8 Å². The maximum Gasteiger partial charge on any atom is 0.258 e. The maximum absolute atomic E-state index is 13.2. The Morgan fingerprint density at radius 1 is 0.903 bits per heavy atom. The number of carbonyl (C=O) groups is 2. The highest BCUT2D eigenvalue weighted by atomic mass is 19.1. The maximum atomic E-state index is 13.2. The van der Waals surface area contributed by atoms with Crippen molar-refractivity contribution in [3.63, 3.8) is 0 Å². The second-order valence-corrected chi connectivity index (χ2v) is 7.43. The number of benzene rings is 3. The average molecular weight is 418 g/mol. The quantitative estimate of drug-likeness (QED) is 0.685. The lowest BCUT2D eigenvalue weighted by Crippen LogP contribution is -2.35. The van der Waals surface area contributed by atoms with Crippen molar-refractivity contribution in [3.05, 3.63) is 83.2 Å². The molecule has 5 rings (SSSR count). The molecule has 6 nitrogen and oxygen atoms in total. The fraction of sp³-hybridized carbons (Fsp3) is 0.167. The normalized spacial score (nSPS) is 14.2. The van der Waals surface area contributed by atoms with Crippen LogP contribution in [0.5, 0.6) is 11.5 Å². The molecule has 3 aromatic carbocycles. The highest BCUT2D eigenvalue weighted by Gasteiger charge is 2.24. The van der Waals surface area contributed by atoms with Crippen molar-refractivity contribution in [2.24, 2.45) is 0 Å². The summed E-state index contributed by atoms with van der Waals surface area (Å²) in [6.07, 6.45) is 1.56. The fourth-order valence-corrected chi connectivity index (χ4v) is 3.88. The molecule has 3 aromatic rings. The van der Waals surface area contributed by atoms with Gasteiger partial charge in [-0.3, -0.25) is 9.59 Å². The lowest BCUT2D eigenvalue weighted by molar-refractivity contribution is 0.0984. The average Bonchev–Trinajstić information content (AvgIpc) is 3.26. The summed E-state index contributed by atoms with van der Waals surface area (Å²) in [4.78, 5) is 27.4. The van der Waals surface area contributed by atoms with Crippen LogP contribution < -0.4 is 19.7 Å². The van der Waals surface area contributed by atoms with E-state index >= 15 is 0 Å². The van der Waals surface area contributed by atoms with E-state index in [4.69, 9.17) is 9.47 Å². The molecule has 1 N–H and O–H groups in total. The zero-order chi connectivity index (χ0) is 21.4. The first-order valence-electron chi connectivity index (χ1n) is 10.00. The van der Waals surface area contributed by atoms with Crippen LogP contribution in [0.25, 0.3) is 0 Å². The van der Waals surface area contributed by atoms with Crippen molar-refractivity contribution in [2.45, 2.75) is 12.8 Å². The highest BCUT2D eigenvalue weighted by molar-refractivity contribution is 6.08. The van der Waals surface area contributed by atoms with E-state index in [-0.39, 0.29) is 24.4 Å². The second-order valence-electron chi connectivity index (χ2n) is 7.43. The zero-order valence-corrected chi connectivity index (χ0v) is 16.6. The smallest absolute Gasteiger partial charge is 0.258 e. The van der Waals surface area contributed by atoms with E-state index in [2.05, 4.69) is 5.32 Å². The Hall–Kier alpha value is -3.87. The van der Waals surface area contributed by atoms with E-state index < -0.39 is 0 Å². The molecule has 7 heteroatoms. The van der Waals surface area contributed by atoms with Crippen LogP contribution in [0.4, 0.5) is 15.8 Å². The summed E-state index contributed by atoms with van der Waals surface area (Å²) in [5, 5.41) is 2.87. The minimum Gasteiger partial charge on any atom is -0.454 e. The minimum atomic E-state index is -0.381. The van der Waals surface area contributed by atoms with Crippen LogP contribution in [0, 0.1) is 5.82 Å². The van der Waals surface area contributed by atoms with Crippen molar-refractivity contribution in [3.8, 4) is 11.5 Å². The van der Waals surface area contributed by atoms with Crippen LogP contribution >= 0.6 is 0 Å². The van der Waals surface area contributed by atoms with Crippen LogP contribution in [0.2, 0.25) is 0 Å². The number of hydrogen-bond donors (Lipinski definition) is 1. The van der Waals surface area contributed by atoms with Crippen LogP contribution in [0.1, 0.15) is 32.7 Å². The van der Waals surface area contributed by atoms with E-state index in [1.807, 2.05) is 6.07 Å².